The van der Waals surface area contributed by atoms with E-state index in [1.807, 2.05) is 24.3 Å². The molecule has 0 atom stereocenters. The van der Waals surface area contributed by atoms with Crippen molar-refractivity contribution < 1.29 is 9.47 Å². The van der Waals surface area contributed by atoms with Crippen LogP contribution in [0.3, 0.4) is 0 Å². The maximum atomic E-state index is 6.87. The zero-order valence-electron chi connectivity index (χ0n) is 38.7. The first kappa shape index (κ1) is 39.5. The Morgan fingerprint density at radius 3 is 1.76 bits per heavy atom. The van der Waals surface area contributed by atoms with Crippen molar-refractivity contribution in [2.45, 2.75) is 31.6 Å². The molecule has 0 saturated carbocycles. The number of aryl methyl sites for hydroxylation is 1. The number of anilines is 5. The van der Waals surface area contributed by atoms with Crippen molar-refractivity contribution >= 4 is 46.2 Å². The van der Waals surface area contributed by atoms with E-state index in [0.717, 1.165) is 41.8 Å². The number of rotatable bonds is 6. The first-order valence-electron chi connectivity index (χ1n) is 24.8. The van der Waals surface area contributed by atoms with E-state index in [-0.39, 0.29) is 6.85 Å². The fourth-order valence-electron chi connectivity index (χ4n) is 12.8. The summed E-state index contributed by atoms with van der Waals surface area (Å²) in [5.74, 6) is 2.83. The maximum Gasteiger partial charge on any atom is 0.333 e. The fraction of sp³-hybridized carbons (Fsp3) is 0.0769. The quantitative estimate of drug-likeness (QED) is 0.155. The van der Waals surface area contributed by atoms with Gasteiger partial charge in [-0.25, -0.2) is 0 Å². The van der Waals surface area contributed by atoms with Crippen molar-refractivity contribution in [3.8, 4) is 67.5 Å². The van der Waals surface area contributed by atoms with Gasteiger partial charge in [-0.15, -0.1) is 0 Å². The van der Waals surface area contributed by atoms with Crippen molar-refractivity contribution in [2.75, 3.05) is 9.71 Å². The van der Waals surface area contributed by atoms with Crippen LogP contribution in [0.25, 0.3) is 44.5 Å². The standard InChI is InChI=1S/C65H45BN2O2/c1-2-3-19-41-34-35-55(48(36-41)43-22-8-5-9-23-43)67-57-40-62-61(69-59-32-16-17-33-60(59)70-62)39-54(57)66-63-49(37-44(38-58(63)67)42-20-6-4-7-21-42)47-26-18-30-53-64(47)68(66)56-31-15-14-29-52(56)65(53)50-27-12-10-24-45(50)46-25-11-13-28-51(46)65/h4-18,20-40H,2-3,19H2,1H3. The molecule has 5 heteroatoms. The molecule has 10 aromatic carbocycles. The zero-order chi connectivity index (χ0) is 46.1. The molecule has 1 aliphatic carbocycles. The Balaban J connectivity index is 1.08. The molecule has 4 nitrogen and oxygen atoms in total. The Morgan fingerprint density at radius 2 is 1.03 bits per heavy atom. The molecule has 4 aliphatic heterocycles. The number of hydrogen-bond acceptors (Lipinski definition) is 4. The molecule has 0 amide bonds. The highest BCUT2D eigenvalue weighted by molar-refractivity contribution is 6.94. The topological polar surface area (TPSA) is 24.9 Å². The SMILES string of the molecule is CCCCc1ccc(N2c3cc4c(cc3B3c5c(cc(-c6ccccc6)cc52)-c2cccc5c2N3c2ccccc2C52c3ccccc3-c3ccccc32)Oc2ccccc2O4)c(-c2ccccc2)c1. The molecule has 0 saturated heterocycles. The number of unbranched alkanes of at least 4 members (excludes halogenated alkanes) is 1. The molecule has 0 fully saturated rings. The minimum absolute atomic E-state index is 0.241. The van der Waals surface area contributed by atoms with E-state index in [1.54, 1.807) is 0 Å². The summed E-state index contributed by atoms with van der Waals surface area (Å²) in [4.78, 5) is 5.23. The van der Waals surface area contributed by atoms with E-state index in [0.29, 0.717) is 23.0 Å². The molecule has 70 heavy (non-hydrogen) atoms. The monoisotopic (exact) mass is 896 g/mol. The van der Waals surface area contributed by atoms with Gasteiger partial charge in [-0.3, -0.25) is 0 Å². The number of fused-ring (bicyclic) bond motifs is 15. The molecule has 0 bridgehead atoms. The summed E-state index contributed by atoms with van der Waals surface area (Å²) in [6.07, 6.45) is 3.30. The molecule has 1 spiro atoms. The smallest absolute Gasteiger partial charge is 0.333 e. The molecule has 330 valence electrons. The first-order valence-corrected chi connectivity index (χ1v) is 24.8. The van der Waals surface area contributed by atoms with Crippen LogP contribution in [-0.2, 0) is 11.8 Å². The summed E-state index contributed by atoms with van der Waals surface area (Å²) in [5.41, 5.74) is 24.0. The van der Waals surface area contributed by atoms with Crippen LogP contribution in [0.4, 0.5) is 28.4 Å². The van der Waals surface area contributed by atoms with Gasteiger partial charge in [0, 0.05) is 39.9 Å². The number of para-hydroxylation sites is 4. The van der Waals surface area contributed by atoms with Gasteiger partial charge in [0.2, 0.25) is 0 Å². The lowest BCUT2D eigenvalue weighted by Gasteiger charge is -2.52. The Hall–Kier alpha value is -8.54. The molecule has 5 aliphatic rings. The molecule has 4 heterocycles. The average Bonchev–Trinajstić information content (AvgIpc) is 3.73. The van der Waals surface area contributed by atoms with Crippen LogP contribution in [0.15, 0.2) is 218 Å². The third kappa shape index (κ3) is 5.37. The normalized spacial score (nSPS) is 14.2. The largest absolute Gasteiger partial charge is 0.450 e. The molecule has 0 unspecified atom stereocenters. The third-order valence-electron chi connectivity index (χ3n) is 15.7. The summed E-state index contributed by atoms with van der Waals surface area (Å²) in [5, 5.41) is 0. The fourth-order valence-corrected chi connectivity index (χ4v) is 12.8. The molecule has 10 aromatic rings. The van der Waals surface area contributed by atoms with Crippen LogP contribution < -0.4 is 30.1 Å². The third-order valence-corrected chi connectivity index (χ3v) is 15.7. The van der Waals surface area contributed by atoms with Gasteiger partial charge in [-0.05, 0) is 133 Å². The van der Waals surface area contributed by atoms with Gasteiger partial charge < -0.3 is 19.2 Å². The number of nitrogens with zero attached hydrogens (tertiary/aromatic N) is 2. The van der Waals surface area contributed by atoms with E-state index in [9.17, 15) is 0 Å². The maximum absolute atomic E-state index is 6.87. The second-order valence-electron chi connectivity index (χ2n) is 19.3. The van der Waals surface area contributed by atoms with Gasteiger partial charge in [0.1, 0.15) is 0 Å². The summed E-state index contributed by atoms with van der Waals surface area (Å²) < 4.78 is 13.7. The van der Waals surface area contributed by atoms with Gasteiger partial charge in [0.15, 0.2) is 23.0 Å². The number of ether oxygens (including phenoxy) is 2. The lowest BCUT2D eigenvalue weighted by atomic mass is 9.42. The highest BCUT2D eigenvalue weighted by Crippen LogP contribution is 2.65. The molecular formula is C65H45BN2O2. The van der Waals surface area contributed by atoms with Crippen LogP contribution >= 0.6 is 0 Å². The van der Waals surface area contributed by atoms with Crippen molar-refractivity contribution in [3.05, 3.63) is 246 Å². The van der Waals surface area contributed by atoms with Gasteiger partial charge in [0.05, 0.1) is 11.1 Å². The highest BCUT2D eigenvalue weighted by atomic mass is 16.6. The van der Waals surface area contributed by atoms with E-state index < -0.39 is 5.41 Å². The van der Waals surface area contributed by atoms with Crippen LogP contribution in [0.2, 0.25) is 0 Å². The van der Waals surface area contributed by atoms with Crippen molar-refractivity contribution in [1.29, 1.82) is 0 Å². The predicted molar refractivity (Wildman–Crippen MR) is 287 cm³/mol. The van der Waals surface area contributed by atoms with Crippen LogP contribution in [-0.4, -0.2) is 6.85 Å². The van der Waals surface area contributed by atoms with Crippen molar-refractivity contribution in [1.82, 2.24) is 0 Å². The Kier molecular flexibility index (Phi) is 8.44. The Morgan fingerprint density at radius 1 is 0.414 bits per heavy atom. The Labute approximate surface area is 408 Å². The first-order chi connectivity index (χ1) is 34.7. The Bertz CT molecular complexity index is 3760. The second kappa shape index (κ2) is 15.0. The highest BCUT2D eigenvalue weighted by Gasteiger charge is 2.56. The predicted octanol–water partition coefficient (Wildman–Crippen LogP) is 15.6. The van der Waals surface area contributed by atoms with Gasteiger partial charge in [-0.2, -0.15) is 0 Å². The second-order valence-corrected chi connectivity index (χ2v) is 19.3. The minimum Gasteiger partial charge on any atom is -0.450 e. The van der Waals surface area contributed by atoms with Crippen LogP contribution in [0.5, 0.6) is 23.0 Å². The van der Waals surface area contributed by atoms with Crippen molar-refractivity contribution in [2.24, 2.45) is 0 Å². The summed E-state index contributed by atoms with van der Waals surface area (Å²) in [7, 11) is 0. The minimum atomic E-state index is -0.548. The molecule has 0 N–H and O–H groups in total. The average molecular weight is 897 g/mol. The van der Waals surface area contributed by atoms with Crippen LogP contribution in [0, 0.1) is 0 Å². The van der Waals surface area contributed by atoms with E-state index in [4.69, 9.17) is 9.47 Å². The summed E-state index contributed by atoms with van der Waals surface area (Å²) in [6, 6.07) is 81.0. The number of hydrogen-bond donors (Lipinski definition) is 0. The van der Waals surface area contributed by atoms with Gasteiger partial charge in [0.25, 0.3) is 0 Å². The van der Waals surface area contributed by atoms with E-state index in [2.05, 4.69) is 211 Å². The molecular weight excluding hydrogens is 852 g/mol. The van der Waals surface area contributed by atoms with Gasteiger partial charge in [-0.1, -0.05) is 177 Å². The van der Waals surface area contributed by atoms with Crippen LogP contribution in [0.1, 0.15) is 47.6 Å². The van der Waals surface area contributed by atoms with Gasteiger partial charge >= 0.3 is 6.85 Å². The number of benzene rings is 10. The van der Waals surface area contributed by atoms with Crippen molar-refractivity contribution in [3.63, 3.8) is 0 Å². The van der Waals surface area contributed by atoms with E-state index in [1.165, 1.54) is 89.2 Å². The summed E-state index contributed by atoms with van der Waals surface area (Å²) in [6.45, 7) is 2.03. The van der Waals surface area contributed by atoms with E-state index >= 15 is 0 Å². The zero-order valence-corrected chi connectivity index (χ0v) is 38.7. The lowest BCUT2D eigenvalue weighted by Crippen LogP contribution is -2.63. The lowest BCUT2D eigenvalue weighted by molar-refractivity contribution is 0.360. The molecule has 15 rings (SSSR count). The molecule has 0 radical (unpaired) electrons. The molecule has 0 aromatic heterocycles. The summed E-state index contributed by atoms with van der Waals surface area (Å²) >= 11 is 0.